The molecule has 0 aromatic heterocycles. The number of hydrogen-bond acceptors (Lipinski definition) is 2. The van der Waals surface area contributed by atoms with E-state index in [1.165, 1.54) is 4.90 Å². The molecule has 2 amide bonds. The Morgan fingerprint density at radius 1 is 1.25 bits per heavy atom. The lowest BCUT2D eigenvalue weighted by Gasteiger charge is -2.31. The summed E-state index contributed by atoms with van der Waals surface area (Å²) >= 11 is 5.79. The molecule has 0 radical (unpaired) electrons. The van der Waals surface area contributed by atoms with Crippen molar-refractivity contribution < 1.29 is 14.5 Å². The van der Waals surface area contributed by atoms with E-state index in [-0.39, 0.29) is 11.8 Å². The monoisotopic (exact) mass is 296 g/mol. The number of quaternary nitrogens is 1. The van der Waals surface area contributed by atoms with Crippen molar-refractivity contribution >= 4 is 29.1 Å². The van der Waals surface area contributed by atoms with Crippen molar-refractivity contribution in [3.05, 3.63) is 29.3 Å². The van der Waals surface area contributed by atoms with Crippen LogP contribution in [-0.4, -0.2) is 49.4 Å². The Bertz CT molecular complexity index is 482. The van der Waals surface area contributed by atoms with Crippen molar-refractivity contribution in [3.63, 3.8) is 0 Å². The Hall–Kier alpha value is -1.59. The van der Waals surface area contributed by atoms with Crippen LogP contribution in [0.3, 0.4) is 0 Å². The van der Waals surface area contributed by atoms with Crippen molar-refractivity contribution in [1.29, 1.82) is 0 Å². The summed E-state index contributed by atoms with van der Waals surface area (Å²) in [6.07, 6.45) is 0. The van der Waals surface area contributed by atoms with Crippen LogP contribution in [0, 0.1) is 0 Å². The van der Waals surface area contributed by atoms with Crippen molar-refractivity contribution in [2.45, 2.75) is 6.92 Å². The maximum Gasteiger partial charge on any atom is 0.279 e. The van der Waals surface area contributed by atoms with Crippen molar-refractivity contribution in [1.82, 2.24) is 4.90 Å². The van der Waals surface area contributed by atoms with Gasteiger partial charge in [-0.1, -0.05) is 11.6 Å². The van der Waals surface area contributed by atoms with E-state index in [2.05, 4.69) is 5.32 Å². The number of anilines is 1. The Morgan fingerprint density at radius 2 is 1.85 bits per heavy atom. The van der Waals surface area contributed by atoms with Crippen LogP contribution in [0.5, 0.6) is 0 Å². The average Bonchev–Trinajstić information content (AvgIpc) is 2.42. The molecule has 0 atom stereocenters. The van der Waals surface area contributed by atoms with Gasteiger partial charge in [0.05, 0.1) is 26.2 Å². The second-order valence-electron chi connectivity index (χ2n) is 4.99. The maximum absolute atomic E-state index is 11.9. The third kappa shape index (κ3) is 4.21. The molecular weight excluding hydrogens is 278 g/mol. The zero-order chi connectivity index (χ0) is 14.5. The summed E-state index contributed by atoms with van der Waals surface area (Å²) in [5.41, 5.74) is 0.751. The van der Waals surface area contributed by atoms with Gasteiger partial charge in [0, 0.05) is 17.6 Å². The molecule has 0 unspecified atom stereocenters. The van der Waals surface area contributed by atoms with Gasteiger partial charge in [0.1, 0.15) is 0 Å². The number of nitrogens with one attached hydrogen (secondary N) is 2. The van der Waals surface area contributed by atoms with Gasteiger partial charge in [0.25, 0.3) is 5.91 Å². The Labute approximate surface area is 123 Å². The number of benzene rings is 1. The Morgan fingerprint density at radius 3 is 2.40 bits per heavy atom. The molecule has 0 spiro atoms. The fourth-order valence-corrected chi connectivity index (χ4v) is 2.41. The maximum atomic E-state index is 11.9. The lowest BCUT2D eigenvalue weighted by Crippen LogP contribution is -3.15. The number of hydrogen-bond donors (Lipinski definition) is 2. The summed E-state index contributed by atoms with van der Waals surface area (Å²) in [6, 6.07) is 7.05. The van der Waals surface area contributed by atoms with E-state index < -0.39 is 0 Å². The molecule has 6 heteroatoms. The standard InChI is InChI=1S/C14H18ClN3O2/c1-11(19)18-8-6-17(7-9-18)10-14(20)16-13-4-2-12(15)3-5-13/h2-5H,6-10H2,1H3,(H,16,20)/p+1. The zero-order valence-corrected chi connectivity index (χ0v) is 12.2. The quantitative estimate of drug-likeness (QED) is 0.827. The summed E-state index contributed by atoms with van der Waals surface area (Å²) in [5.74, 6) is 0.0910. The fraction of sp³-hybridized carbons (Fsp3) is 0.429. The van der Waals surface area contributed by atoms with Crippen molar-refractivity contribution in [3.8, 4) is 0 Å². The highest BCUT2D eigenvalue weighted by molar-refractivity contribution is 6.30. The van der Waals surface area contributed by atoms with E-state index in [1.807, 2.05) is 4.90 Å². The molecule has 1 aliphatic rings. The van der Waals surface area contributed by atoms with Gasteiger partial charge in [0.15, 0.2) is 6.54 Å². The third-order valence-corrected chi connectivity index (χ3v) is 3.71. The first-order chi connectivity index (χ1) is 9.54. The molecule has 20 heavy (non-hydrogen) atoms. The number of halogens is 1. The van der Waals surface area contributed by atoms with Crippen LogP contribution in [-0.2, 0) is 9.59 Å². The first-order valence-corrected chi connectivity index (χ1v) is 7.07. The SMILES string of the molecule is CC(=O)N1CC[NH+](CC(=O)Nc2ccc(Cl)cc2)CC1. The van der Waals surface area contributed by atoms with Gasteiger partial charge >= 0.3 is 0 Å². The van der Waals surface area contributed by atoms with Gasteiger partial charge in [-0.15, -0.1) is 0 Å². The first-order valence-electron chi connectivity index (χ1n) is 6.69. The van der Waals surface area contributed by atoms with E-state index in [0.717, 1.165) is 31.9 Å². The predicted octanol–water partition coefficient (Wildman–Crippen LogP) is 0.0255. The minimum Gasteiger partial charge on any atom is -0.332 e. The van der Waals surface area contributed by atoms with Gasteiger partial charge in [-0.3, -0.25) is 9.59 Å². The minimum atomic E-state index is -0.0152. The molecule has 1 aliphatic heterocycles. The molecule has 1 heterocycles. The van der Waals surface area contributed by atoms with E-state index in [0.29, 0.717) is 11.6 Å². The van der Waals surface area contributed by atoms with E-state index >= 15 is 0 Å². The van der Waals surface area contributed by atoms with Crippen LogP contribution in [0.15, 0.2) is 24.3 Å². The molecule has 0 bridgehead atoms. The number of nitrogens with zero attached hydrogens (tertiary/aromatic N) is 1. The lowest BCUT2D eigenvalue weighted by atomic mass is 10.3. The summed E-state index contributed by atoms with van der Waals surface area (Å²) in [6.45, 7) is 5.08. The molecular formula is C14H19ClN3O2+. The van der Waals surface area contributed by atoms with Crippen LogP contribution in [0.4, 0.5) is 5.69 Å². The fourth-order valence-electron chi connectivity index (χ4n) is 2.28. The van der Waals surface area contributed by atoms with Gasteiger partial charge in [-0.2, -0.15) is 0 Å². The first kappa shape index (κ1) is 14.8. The number of carbonyl (C=O) groups is 2. The highest BCUT2D eigenvalue weighted by Gasteiger charge is 2.23. The molecule has 5 nitrogen and oxygen atoms in total. The molecule has 1 aromatic carbocycles. The highest BCUT2D eigenvalue weighted by Crippen LogP contribution is 2.12. The molecule has 2 rings (SSSR count). The summed E-state index contributed by atoms with van der Waals surface area (Å²) < 4.78 is 0. The average molecular weight is 297 g/mol. The smallest absolute Gasteiger partial charge is 0.279 e. The zero-order valence-electron chi connectivity index (χ0n) is 11.5. The minimum absolute atomic E-state index is 0.0152. The van der Waals surface area contributed by atoms with Crippen LogP contribution < -0.4 is 10.2 Å². The molecule has 1 fully saturated rings. The second-order valence-corrected chi connectivity index (χ2v) is 5.42. The molecule has 1 saturated heterocycles. The van der Waals surface area contributed by atoms with Crippen LogP contribution in [0.2, 0.25) is 5.02 Å². The molecule has 108 valence electrons. The Balaban J connectivity index is 1.78. The summed E-state index contributed by atoms with van der Waals surface area (Å²) in [5, 5.41) is 3.50. The number of rotatable bonds is 3. The molecule has 0 aliphatic carbocycles. The number of carbonyl (C=O) groups excluding carboxylic acids is 2. The lowest BCUT2D eigenvalue weighted by molar-refractivity contribution is -0.895. The van der Waals surface area contributed by atoms with E-state index in [1.54, 1.807) is 31.2 Å². The second kappa shape index (κ2) is 6.72. The van der Waals surface area contributed by atoms with E-state index in [4.69, 9.17) is 11.6 Å². The van der Waals surface area contributed by atoms with Gasteiger partial charge in [-0.25, -0.2) is 0 Å². The van der Waals surface area contributed by atoms with E-state index in [9.17, 15) is 9.59 Å². The molecule has 1 aromatic rings. The third-order valence-electron chi connectivity index (χ3n) is 3.45. The summed E-state index contributed by atoms with van der Waals surface area (Å²) in [4.78, 5) is 26.2. The van der Waals surface area contributed by atoms with Crippen molar-refractivity contribution in [2.24, 2.45) is 0 Å². The normalized spacial score (nSPS) is 16.0. The molecule has 0 saturated carbocycles. The largest absolute Gasteiger partial charge is 0.332 e. The van der Waals surface area contributed by atoms with Crippen molar-refractivity contribution in [2.75, 3.05) is 38.0 Å². The predicted molar refractivity (Wildman–Crippen MR) is 77.9 cm³/mol. The van der Waals surface area contributed by atoms with Crippen LogP contribution in [0.1, 0.15) is 6.92 Å². The topological polar surface area (TPSA) is 53.9 Å². The van der Waals surface area contributed by atoms with Crippen LogP contribution in [0.25, 0.3) is 0 Å². The number of piperazine rings is 1. The number of amides is 2. The van der Waals surface area contributed by atoms with Gasteiger partial charge in [-0.05, 0) is 24.3 Å². The molecule has 2 N–H and O–H groups in total. The Kier molecular flexibility index (Phi) is 4.98. The summed E-state index contributed by atoms with van der Waals surface area (Å²) in [7, 11) is 0. The van der Waals surface area contributed by atoms with Crippen LogP contribution >= 0.6 is 11.6 Å². The highest BCUT2D eigenvalue weighted by atomic mass is 35.5. The van der Waals surface area contributed by atoms with Gasteiger partial charge in [0.2, 0.25) is 5.91 Å². The van der Waals surface area contributed by atoms with Gasteiger partial charge < -0.3 is 15.1 Å².